The molecule has 19 heavy (non-hydrogen) atoms. The summed E-state index contributed by atoms with van der Waals surface area (Å²) in [5.41, 5.74) is 1.16. The van der Waals surface area contributed by atoms with Crippen LogP contribution < -0.4 is 10.1 Å². The summed E-state index contributed by atoms with van der Waals surface area (Å²) in [5, 5.41) is 3.38. The average molecular weight is 327 g/mol. The molecule has 0 aromatic carbocycles. The fourth-order valence-electron chi connectivity index (χ4n) is 2.87. The van der Waals surface area contributed by atoms with Crippen molar-refractivity contribution in [3.8, 4) is 5.88 Å². The Morgan fingerprint density at radius 3 is 3.00 bits per heavy atom. The smallest absolute Gasteiger partial charge is 0.228 e. The maximum atomic E-state index is 6.02. The number of aromatic nitrogens is 1. The van der Waals surface area contributed by atoms with Crippen molar-refractivity contribution in [3.63, 3.8) is 0 Å². The molecule has 4 nitrogen and oxygen atoms in total. The van der Waals surface area contributed by atoms with Crippen LogP contribution in [0.25, 0.3) is 0 Å². The minimum absolute atomic E-state index is 0.0348. The van der Waals surface area contributed by atoms with Gasteiger partial charge in [0.2, 0.25) is 5.88 Å². The summed E-state index contributed by atoms with van der Waals surface area (Å²) >= 11 is 3.50. The summed E-state index contributed by atoms with van der Waals surface area (Å²) in [6.45, 7) is 4.77. The van der Waals surface area contributed by atoms with E-state index >= 15 is 0 Å². The molecule has 3 heterocycles. The van der Waals surface area contributed by atoms with Gasteiger partial charge in [0, 0.05) is 12.6 Å². The van der Waals surface area contributed by atoms with E-state index in [0.717, 1.165) is 42.4 Å². The Labute approximate surface area is 122 Å². The first-order valence-corrected chi connectivity index (χ1v) is 7.60. The molecule has 2 fully saturated rings. The van der Waals surface area contributed by atoms with E-state index in [-0.39, 0.29) is 11.7 Å². The molecule has 2 aliphatic rings. The van der Waals surface area contributed by atoms with Crippen molar-refractivity contribution < 1.29 is 9.47 Å². The molecule has 1 atom stereocenters. The number of nitrogens with one attached hydrogen (secondary N) is 1. The van der Waals surface area contributed by atoms with Crippen molar-refractivity contribution in [1.82, 2.24) is 10.3 Å². The van der Waals surface area contributed by atoms with Crippen LogP contribution in [0.15, 0.2) is 16.7 Å². The summed E-state index contributed by atoms with van der Waals surface area (Å²) < 4.78 is 12.9. The van der Waals surface area contributed by atoms with Crippen LogP contribution in [-0.4, -0.2) is 36.4 Å². The standard InChI is InChI=1S/C14H19BrN2O2/c1-10-6-12(15)13(17-8-10)19-11-7-14(18-9-11)2-4-16-5-3-14/h6,8,11,16H,2-5,7,9H2,1H3. The van der Waals surface area contributed by atoms with E-state index in [1.807, 2.05) is 19.2 Å². The molecule has 5 heteroatoms. The molecule has 0 amide bonds. The van der Waals surface area contributed by atoms with Crippen LogP contribution in [0.4, 0.5) is 0 Å². The van der Waals surface area contributed by atoms with Crippen LogP contribution >= 0.6 is 15.9 Å². The average Bonchev–Trinajstić information content (AvgIpc) is 2.77. The number of pyridine rings is 1. The SMILES string of the molecule is Cc1cnc(OC2COC3(CCNCC3)C2)c(Br)c1. The van der Waals surface area contributed by atoms with Crippen molar-refractivity contribution in [2.45, 2.75) is 37.9 Å². The highest BCUT2D eigenvalue weighted by molar-refractivity contribution is 9.10. The molecule has 2 saturated heterocycles. The van der Waals surface area contributed by atoms with Crippen molar-refractivity contribution >= 4 is 15.9 Å². The van der Waals surface area contributed by atoms with E-state index in [0.29, 0.717) is 12.5 Å². The zero-order valence-electron chi connectivity index (χ0n) is 11.1. The number of aryl methyl sites for hydroxylation is 1. The van der Waals surface area contributed by atoms with E-state index in [4.69, 9.17) is 9.47 Å². The third kappa shape index (κ3) is 2.93. The highest BCUT2D eigenvalue weighted by Crippen LogP contribution is 2.36. The van der Waals surface area contributed by atoms with Crippen molar-refractivity contribution in [3.05, 3.63) is 22.3 Å². The summed E-state index contributed by atoms with van der Waals surface area (Å²) in [5.74, 6) is 0.671. The molecule has 1 spiro atoms. The second-order valence-corrected chi connectivity index (χ2v) is 6.34. The van der Waals surface area contributed by atoms with Crippen molar-refractivity contribution in [1.29, 1.82) is 0 Å². The Morgan fingerprint density at radius 1 is 1.47 bits per heavy atom. The van der Waals surface area contributed by atoms with Crippen LogP contribution in [0, 0.1) is 6.92 Å². The lowest BCUT2D eigenvalue weighted by molar-refractivity contribution is -0.0206. The first-order chi connectivity index (χ1) is 9.17. The topological polar surface area (TPSA) is 43.4 Å². The Hall–Kier alpha value is -0.650. The van der Waals surface area contributed by atoms with Gasteiger partial charge in [-0.05, 0) is 60.4 Å². The maximum Gasteiger partial charge on any atom is 0.228 e. The second-order valence-electron chi connectivity index (χ2n) is 5.49. The summed E-state index contributed by atoms with van der Waals surface area (Å²) in [7, 11) is 0. The molecular formula is C14H19BrN2O2. The fourth-order valence-corrected chi connectivity index (χ4v) is 3.43. The molecule has 0 aliphatic carbocycles. The lowest BCUT2D eigenvalue weighted by Crippen LogP contribution is -2.41. The van der Waals surface area contributed by atoms with Crippen LogP contribution in [0.1, 0.15) is 24.8 Å². The van der Waals surface area contributed by atoms with Gasteiger partial charge in [-0.2, -0.15) is 0 Å². The third-order valence-electron chi connectivity index (χ3n) is 3.91. The monoisotopic (exact) mass is 326 g/mol. The zero-order valence-corrected chi connectivity index (χ0v) is 12.7. The van der Waals surface area contributed by atoms with E-state index in [1.54, 1.807) is 0 Å². The van der Waals surface area contributed by atoms with Gasteiger partial charge >= 0.3 is 0 Å². The van der Waals surface area contributed by atoms with Gasteiger partial charge in [-0.25, -0.2) is 4.98 Å². The lowest BCUT2D eigenvalue weighted by atomic mass is 9.89. The summed E-state index contributed by atoms with van der Waals surface area (Å²) in [6.07, 6.45) is 5.07. The number of hydrogen-bond donors (Lipinski definition) is 1. The van der Waals surface area contributed by atoms with Gasteiger partial charge < -0.3 is 14.8 Å². The number of piperidine rings is 1. The number of hydrogen-bond acceptors (Lipinski definition) is 4. The van der Waals surface area contributed by atoms with Gasteiger partial charge in [0.1, 0.15) is 6.10 Å². The van der Waals surface area contributed by atoms with Gasteiger partial charge in [0.15, 0.2) is 0 Å². The number of ether oxygens (including phenoxy) is 2. The normalized spacial score (nSPS) is 25.7. The Kier molecular flexibility index (Phi) is 3.78. The molecule has 1 unspecified atom stereocenters. The predicted octanol–water partition coefficient (Wildman–Crippen LogP) is 2.44. The highest BCUT2D eigenvalue weighted by atomic mass is 79.9. The predicted molar refractivity (Wildman–Crippen MR) is 76.5 cm³/mol. The molecule has 0 bridgehead atoms. The van der Waals surface area contributed by atoms with Crippen molar-refractivity contribution in [2.75, 3.05) is 19.7 Å². The fraction of sp³-hybridized carbons (Fsp3) is 0.643. The Morgan fingerprint density at radius 2 is 2.26 bits per heavy atom. The minimum atomic E-state index is 0.0348. The molecule has 1 aromatic rings. The summed E-state index contributed by atoms with van der Waals surface area (Å²) in [4.78, 5) is 4.34. The molecule has 3 rings (SSSR count). The largest absolute Gasteiger partial charge is 0.471 e. The van der Waals surface area contributed by atoms with E-state index in [2.05, 4.69) is 26.2 Å². The zero-order chi connectivity index (χ0) is 13.3. The third-order valence-corrected chi connectivity index (χ3v) is 4.48. The van der Waals surface area contributed by atoms with Gasteiger partial charge in [-0.1, -0.05) is 0 Å². The maximum absolute atomic E-state index is 6.02. The highest BCUT2D eigenvalue weighted by Gasteiger charge is 2.42. The molecule has 0 saturated carbocycles. The van der Waals surface area contributed by atoms with Crippen LogP contribution in [0.2, 0.25) is 0 Å². The quantitative estimate of drug-likeness (QED) is 0.906. The molecule has 104 valence electrons. The van der Waals surface area contributed by atoms with E-state index in [9.17, 15) is 0 Å². The Bertz CT molecular complexity index is 461. The lowest BCUT2D eigenvalue weighted by Gasteiger charge is -2.32. The Balaban J connectivity index is 1.65. The molecule has 0 radical (unpaired) electrons. The van der Waals surface area contributed by atoms with Crippen LogP contribution in [-0.2, 0) is 4.74 Å². The number of halogens is 1. The van der Waals surface area contributed by atoms with E-state index < -0.39 is 0 Å². The summed E-state index contributed by atoms with van der Waals surface area (Å²) in [6, 6.07) is 2.03. The molecule has 1 N–H and O–H groups in total. The van der Waals surface area contributed by atoms with Gasteiger partial charge in [-0.15, -0.1) is 0 Å². The molecular weight excluding hydrogens is 308 g/mol. The van der Waals surface area contributed by atoms with Crippen molar-refractivity contribution in [2.24, 2.45) is 0 Å². The number of nitrogens with zero attached hydrogens (tertiary/aromatic N) is 1. The first-order valence-electron chi connectivity index (χ1n) is 6.80. The van der Waals surface area contributed by atoms with Gasteiger partial charge in [0.05, 0.1) is 16.7 Å². The molecule has 1 aromatic heterocycles. The van der Waals surface area contributed by atoms with E-state index in [1.165, 1.54) is 0 Å². The second kappa shape index (κ2) is 5.38. The number of rotatable bonds is 2. The van der Waals surface area contributed by atoms with Crippen LogP contribution in [0.3, 0.4) is 0 Å². The molecule has 2 aliphatic heterocycles. The van der Waals surface area contributed by atoms with Gasteiger partial charge in [0.25, 0.3) is 0 Å². The first kappa shape index (κ1) is 13.3. The van der Waals surface area contributed by atoms with Crippen LogP contribution in [0.5, 0.6) is 5.88 Å². The van der Waals surface area contributed by atoms with Gasteiger partial charge in [-0.3, -0.25) is 0 Å². The minimum Gasteiger partial charge on any atom is -0.471 e.